The number of unbranched alkanes of at least 4 members (excludes halogenated alkanes) is 1. The van der Waals surface area contributed by atoms with Crippen molar-refractivity contribution in [1.29, 1.82) is 0 Å². The van der Waals surface area contributed by atoms with E-state index < -0.39 is 11.2 Å². The summed E-state index contributed by atoms with van der Waals surface area (Å²) < 4.78 is 19.2. The zero-order chi connectivity index (χ0) is 29.0. The highest BCUT2D eigenvalue weighted by Gasteiger charge is 2.83. The molecule has 6 heteroatoms. The summed E-state index contributed by atoms with van der Waals surface area (Å²) in [6.07, 6.45) is 17.1. The minimum absolute atomic E-state index is 0.0115. The first-order chi connectivity index (χ1) is 20.4. The summed E-state index contributed by atoms with van der Waals surface area (Å²) in [4.78, 5) is 41.0. The number of rotatable bonds is 6. The fourth-order valence-electron chi connectivity index (χ4n) is 11.0. The quantitative estimate of drug-likeness (QED) is 0.254. The highest BCUT2D eigenvalue weighted by Crippen LogP contribution is 2.74. The molecule has 8 atom stereocenters. The largest absolute Gasteiger partial charge is 0.446 e. The molecule has 0 saturated heterocycles. The predicted molar refractivity (Wildman–Crippen MR) is 155 cm³/mol. The maximum absolute atomic E-state index is 14.3. The molecule has 3 aliphatic heterocycles. The van der Waals surface area contributed by atoms with Crippen LogP contribution < -0.4 is 0 Å². The van der Waals surface area contributed by atoms with Gasteiger partial charge in [-0.15, -0.1) is 0 Å². The third-order valence-electron chi connectivity index (χ3n) is 12.3. The zero-order valence-corrected chi connectivity index (χ0v) is 25.1. The van der Waals surface area contributed by atoms with Crippen LogP contribution in [0.4, 0.5) is 0 Å². The Hall–Kier alpha value is -2.89. The van der Waals surface area contributed by atoms with Crippen molar-refractivity contribution in [2.75, 3.05) is 0 Å². The van der Waals surface area contributed by atoms with Gasteiger partial charge in [-0.3, -0.25) is 0 Å². The fraction of sp³-hybridized carbons (Fsp3) is 0.639. The van der Waals surface area contributed by atoms with Crippen molar-refractivity contribution in [3.8, 4) is 0 Å². The summed E-state index contributed by atoms with van der Waals surface area (Å²) in [5.74, 6) is 1.08. The number of carbonyl (C=O) groups is 3. The zero-order valence-electron chi connectivity index (χ0n) is 25.1. The molecule has 1 unspecified atom stereocenters. The van der Waals surface area contributed by atoms with Gasteiger partial charge in [0.15, 0.2) is 11.2 Å². The molecule has 3 heterocycles. The molecule has 8 aliphatic rings. The molecule has 0 N–H and O–H groups in total. The van der Waals surface area contributed by atoms with E-state index in [4.69, 9.17) is 14.2 Å². The Morgan fingerprint density at radius 1 is 0.786 bits per heavy atom. The Balaban J connectivity index is 1.28. The second-order valence-electron chi connectivity index (χ2n) is 13.9. The van der Waals surface area contributed by atoms with Crippen LogP contribution in [0.3, 0.4) is 0 Å². The van der Waals surface area contributed by atoms with Crippen LogP contribution >= 0.6 is 0 Å². The van der Waals surface area contributed by atoms with Gasteiger partial charge >= 0.3 is 17.9 Å². The first kappa shape index (κ1) is 26.7. The molecular weight excluding hydrogens is 528 g/mol. The van der Waals surface area contributed by atoms with E-state index >= 15 is 0 Å². The summed E-state index contributed by atoms with van der Waals surface area (Å²) in [5.41, 5.74) is 3.72. The molecule has 2 spiro atoms. The van der Waals surface area contributed by atoms with Crippen LogP contribution in [-0.4, -0.2) is 29.1 Å². The number of cyclic esters (lactones) is 1. The van der Waals surface area contributed by atoms with E-state index in [1.165, 1.54) is 0 Å². The van der Waals surface area contributed by atoms with E-state index in [1.54, 1.807) is 0 Å². The van der Waals surface area contributed by atoms with Crippen LogP contribution in [0.2, 0.25) is 0 Å². The van der Waals surface area contributed by atoms with E-state index in [0.717, 1.165) is 111 Å². The number of allylic oxidation sites excluding steroid dienone is 3. The number of fused-ring (bicyclic) bond motifs is 9. The Labute approximate surface area is 248 Å². The SMILES string of the molecule is CCC/C=C1/OC(=O)C2=C1CC[C@@H]1[C@@H]3CCC4=C(C(=O)O[C@@]45[C@H](CCC)[C@@H](CCC)C54OC(=O)C5=C4CCC=C5)[C@@H]3[C@H]21. The van der Waals surface area contributed by atoms with Crippen molar-refractivity contribution in [3.63, 3.8) is 0 Å². The molecule has 0 radical (unpaired) electrons. The van der Waals surface area contributed by atoms with Crippen LogP contribution in [0.1, 0.15) is 97.8 Å². The van der Waals surface area contributed by atoms with E-state index in [0.29, 0.717) is 17.4 Å². The number of ether oxygens (including phenoxy) is 3. The van der Waals surface area contributed by atoms with Gasteiger partial charge in [-0.2, -0.15) is 0 Å². The molecular formula is C36H42O6. The van der Waals surface area contributed by atoms with E-state index in [2.05, 4.69) is 32.9 Å². The molecule has 0 bridgehead atoms. The van der Waals surface area contributed by atoms with Crippen molar-refractivity contribution in [1.82, 2.24) is 0 Å². The molecule has 2 saturated carbocycles. The van der Waals surface area contributed by atoms with Gasteiger partial charge in [-0.1, -0.05) is 52.2 Å². The minimum Gasteiger partial charge on any atom is -0.446 e. The molecule has 0 aromatic carbocycles. The van der Waals surface area contributed by atoms with Crippen LogP contribution in [0.5, 0.6) is 0 Å². The Bertz CT molecular complexity index is 1450. The van der Waals surface area contributed by atoms with Gasteiger partial charge in [-0.05, 0) is 86.8 Å². The standard InChI is InChI=1S/C36H42O6/c1-4-7-14-27-22-16-15-19-20-17-18-26-31(29(20)28(19)30(22)33(38)40-27)34(39)42-36(26)25(11-6-3)24(10-5-2)35(36)23-13-9-8-12-21(23)32(37)41-35/h8,12,14,19-20,24-25,28-29H,4-7,9-11,13,15-18H2,1-3H3/b27-14+/t19-,20+,24-,25-,28-,29+,35?,36+/m1/s1. The van der Waals surface area contributed by atoms with Crippen LogP contribution in [0, 0.1) is 35.5 Å². The van der Waals surface area contributed by atoms with Crippen molar-refractivity contribution in [2.45, 2.75) is 109 Å². The van der Waals surface area contributed by atoms with Gasteiger partial charge in [0.1, 0.15) is 5.76 Å². The summed E-state index contributed by atoms with van der Waals surface area (Å²) in [5, 5.41) is 0. The van der Waals surface area contributed by atoms with Gasteiger partial charge < -0.3 is 14.2 Å². The van der Waals surface area contributed by atoms with Gasteiger partial charge in [0.05, 0.1) is 5.57 Å². The molecule has 0 aromatic rings. The van der Waals surface area contributed by atoms with Crippen LogP contribution in [0.15, 0.2) is 57.4 Å². The molecule has 2 fully saturated rings. The molecule has 0 amide bonds. The van der Waals surface area contributed by atoms with Gasteiger partial charge in [-0.25, -0.2) is 14.4 Å². The second kappa shape index (κ2) is 9.30. The molecule has 8 rings (SSSR count). The maximum Gasteiger partial charge on any atom is 0.340 e. The molecule has 5 aliphatic carbocycles. The normalized spacial score (nSPS) is 41.8. The van der Waals surface area contributed by atoms with Gasteiger partial charge in [0.2, 0.25) is 0 Å². The van der Waals surface area contributed by atoms with E-state index in [1.807, 2.05) is 6.08 Å². The lowest BCUT2D eigenvalue weighted by molar-refractivity contribution is -0.275. The summed E-state index contributed by atoms with van der Waals surface area (Å²) >= 11 is 0. The average molecular weight is 571 g/mol. The Morgan fingerprint density at radius 3 is 2.17 bits per heavy atom. The number of hydrogen-bond acceptors (Lipinski definition) is 6. The third kappa shape index (κ3) is 2.99. The minimum atomic E-state index is -0.919. The van der Waals surface area contributed by atoms with Crippen LogP contribution in [-0.2, 0) is 28.6 Å². The third-order valence-corrected chi connectivity index (χ3v) is 12.3. The van der Waals surface area contributed by atoms with Crippen molar-refractivity contribution in [2.24, 2.45) is 35.5 Å². The first-order valence-corrected chi connectivity index (χ1v) is 16.7. The highest BCUT2D eigenvalue weighted by atomic mass is 16.6. The average Bonchev–Trinajstić information content (AvgIpc) is 3.60. The number of carbonyl (C=O) groups excluding carboxylic acids is 3. The molecule has 0 aromatic heterocycles. The molecule has 42 heavy (non-hydrogen) atoms. The fourth-order valence-corrected chi connectivity index (χ4v) is 11.0. The number of esters is 3. The smallest absolute Gasteiger partial charge is 0.340 e. The lowest BCUT2D eigenvalue weighted by atomic mass is 9.40. The molecule has 6 nitrogen and oxygen atoms in total. The first-order valence-electron chi connectivity index (χ1n) is 16.7. The summed E-state index contributed by atoms with van der Waals surface area (Å²) in [6.45, 7) is 6.52. The summed E-state index contributed by atoms with van der Waals surface area (Å²) in [6, 6.07) is 0. The van der Waals surface area contributed by atoms with Crippen molar-refractivity contribution < 1.29 is 28.6 Å². The van der Waals surface area contributed by atoms with Crippen LogP contribution in [0.25, 0.3) is 0 Å². The van der Waals surface area contributed by atoms with Gasteiger partial charge in [0.25, 0.3) is 0 Å². The van der Waals surface area contributed by atoms with Crippen molar-refractivity contribution in [3.05, 3.63) is 57.4 Å². The monoisotopic (exact) mass is 570 g/mol. The second-order valence-corrected chi connectivity index (χ2v) is 13.9. The Morgan fingerprint density at radius 2 is 1.45 bits per heavy atom. The topological polar surface area (TPSA) is 78.9 Å². The van der Waals surface area contributed by atoms with Crippen molar-refractivity contribution >= 4 is 17.9 Å². The van der Waals surface area contributed by atoms with Gasteiger partial charge in [0, 0.05) is 40.4 Å². The highest BCUT2D eigenvalue weighted by molar-refractivity contribution is 6.01. The summed E-state index contributed by atoms with van der Waals surface area (Å²) in [7, 11) is 0. The lowest BCUT2D eigenvalue weighted by Gasteiger charge is -2.66. The lowest BCUT2D eigenvalue weighted by Crippen LogP contribution is -2.77. The molecule has 222 valence electrons. The van der Waals surface area contributed by atoms with E-state index in [9.17, 15) is 14.4 Å². The maximum atomic E-state index is 14.3. The number of hydrogen-bond donors (Lipinski definition) is 0. The Kier molecular flexibility index (Phi) is 5.92. The van der Waals surface area contributed by atoms with E-state index in [-0.39, 0.29) is 41.6 Å². The predicted octanol–water partition coefficient (Wildman–Crippen LogP) is 6.97.